The van der Waals surface area contributed by atoms with Gasteiger partial charge in [0.2, 0.25) is 0 Å². The first-order valence-corrected chi connectivity index (χ1v) is 4.19. The minimum Gasteiger partial charge on any atom is -0.545 e. The van der Waals surface area contributed by atoms with Crippen LogP contribution in [0.1, 0.15) is 23.7 Å². The molecule has 0 aliphatic heterocycles. The fourth-order valence-electron chi connectivity index (χ4n) is 0.973. The van der Waals surface area contributed by atoms with E-state index in [0.717, 1.165) is 6.42 Å². The standard InChI is InChI=1S/C10H12O3.Na/c1-2-7-13-9-6-4-3-5-8(9)10(11)12;/h3-6H,2,7H2,1H3,(H,11,12);/q;+1/p-1. The zero-order valence-electron chi connectivity index (χ0n) is 8.45. The summed E-state index contributed by atoms with van der Waals surface area (Å²) in [4.78, 5) is 10.6. The predicted molar refractivity (Wildman–Crippen MR) is 46.6 cm³/mol. The normalized spacial score (nSPS) is 8.93. The van der Waals surface area contributed by atoms with Gasteiger partial charge in [0.1, 0.15) is 5.75 Å². The van der Waals surface area contributed by atoms with Crippen molar-refractivity contribution < 1.29 is 44.2 Å². The summed E-state index contributed by atoms with van der Waals surface area (Å²) in [6, 6.07) is 6.47. The summed E-state index contributed by atoms with van der Waals surface area (Å²) >= 11 is 0. The quantitative estimate of drug-likeness (QED) is 0.523. The summed E-state index contributed by atoms with van der Waals surface area (Å²) in [5.74, 6) is -0.823. The van der Waals surface area contributed by atoms with Crippen LogP contribution in [0, 0.1) is 0 Å². The minimum atomic E-state index is -1.20. The summed E-state index contributed by atoms with van der Waals surface area (Å²) in [5, 5.41) is 10.6. The van der Waals surface area contributed by atoms with Crippen LogP contribution in [0.25, 0.3) is 0 Å². The van der Waals surface area contributed by atoms with Crippen molar-refractivity contribution in [2.24, 2.45) is 0 Å². The molecule has 0 bridgehead atoms. The number of ether oxygens (including phenoxy) is 1. The average molecular weight is 202 g/mol. The van der Waals surface area contributed by atoms with Gasteiger partial charge < -0.3 is 14.6 Å². The predicted octanol–water partition coefficient (Wildman–Crippen LogP) is -2.16. The molecule has 0 saturated heterocycles. The van der Waals surface area contributed by atoms with E-state index in [1.807, 2.05) is 6.92 Å². The fourth-order valence-corrected chi connectivity index (χ4v) is 0.973. The molecule has 0 aromatic heterocycles. The molecule has 1 aromatic carbocycles. The first kappa shape index (κ1) is 13.5. The van der Waals surface area contributed by atoms with E-state index >= 15 is 0 Å². The fraction of sp³-hybridized carbons (Fsp3) is 0.300. The zero-order valence-corrected chi connectivity index (χ0v) is 10.4. The van der Waals surface area contributed by atoms with Crippen LogP contribution >= 0.6 is 0 Å². The van der Waals surface area contributed by atoms with Gasteiger partial charge in [0.15, 0.2) is 0 Å². The molecule has 0 spiro atoms. The van der Waals surface area contributed by atoms with E-state index in [4.69, 9.17) is 4.74 Å². The van der Waals surface area contributed by atoms with Crippen molar-refractivity contribution >= 4 is 5.97 Å². The minimum absolute atomic E-state index is 0. The number of hydrogen-bond acceptors (Lipinski definition) is 3. The Morgan fingerprint density at radius 2 is 2.07 bits per heavy atom. The van der Waals surface area contributed by atoms with Gasteiger partial charge in [0.25, 0.3) is 0 Å². The number of carbonyl (C=O) groups is 1. The maximum Gasteiger partial charge on any atom is 1.00 e. The monoisotopic (exact) mass is 202 g/mol. The molecule has 0 aliphatic carbocycles. The van der Waals surface area contributed by atoms with Crippen LogP contribution in [0.2, 0.25) is 0 Å². The number of carboxylic acid groups (broad SMARTS) is 1. The Labute approximate surface area is 105 Å². The first-order chi connectivity index (χ1) is 6.25. The maximum atomic E-state index is 10.6. The van der Waals surface area contributed by atoms with E-state index in [2.05, 4.69) is 0 Å². The molecule has 0 saturated carbocycles. The topological polar surface area (TPSA) is 49.4 Å². The number of carbonyl (C=O) groups excluding carboxylic acids is 1. The van der Waals surface area contributed by atoms with Gasteiger partial charge in [0.05, 0.1) is 12.6 Å². The van der Waals surface area contributed by atoms with Crippen LogP contribution in [-0.2, 0) is 0 Å². The molecule has 0 fully saturated rings. The van der Waals surface area contributed by atoms with Crippen molar-refractivity contribution in [3.63, 3.8) is 0 Å². The third-order valence-electron chi connectivity index (χ3n) is 1.57. The first-order valence-electron chi connectivity index (χ1n) is 4.19. The molecule has 0 amide bonds. The van der Waals surface area contributed by atoms with Crippen molar-refractivity contribution in [2.75, 3.05) is 6.61 Å². The molecule has 0 N–H and O–H groups in total. The van der Waals surface area contributed by atoms with Gasteiger partial charge in [-0.15, -0.1) is 0 Å². The van der Waals surface area contributed by atoms with Gasteiger partial charge in [-0.2, -0.15) is 0 Å². The molecule has 0 radical (unpaired) electrons. The van der Waals surface area contributed by atoms with Gasteiger partial charge in [0, 0.05) is 5.56 Å². The Morgan fingerprint density at radius 3 is 2.64 bits per heavy atom. The summed E-state index contributed by atoms with van der Waals surface area (Å²) in [7, 11) is 0. The Hall–Kier alpha value is -0.510. The zero-order chi connectivity index (χ0) is 9.68. The van der Waals surface area contributed by atoms with Crippen LogP contribution in [0.4, 0.5) is 0 Å². The van der Waals surface area contributed by atoms with Crippen molar-refractivity contribution in [2.45, 2.75) is 13.3 Å². The Bertz CT molecular complexity index is 299. The largest absolute Gasteiger partial charge is 1.00 e. The molecule has 14 heavy (non-hydrogen) atoms. The molecule has 0 heterocycles. The van der Waals surface area contributed by atoms with Crippen molar-refractivity contribution in [1.82, 2.24) is 0 Å². The summed E-state index contributed by atoms with van der Waals surface area (Å²) in [5.41, 5.74) is 0.107. The van der Waals surface area contributed by atoms with Crippen LogP contribution in [0.15, 0.2) is 24.3 Å². The second-order valence-electron chi connectivity index (χ2n) is 2.63. The maximum absolute atomic E-state index is 10.6. The molecule has 1 aromatic rings. The summed E-state index contributed by atoms with van der Waals surface area (Å²) < 4.78 is 5.23. The van der Waals surface area contributed by atoms with Gasteiger partial charge in [-0.3, -0.25) is 0 Å². The van der Waals surface area contributed by atoms with Gasteiger partial charge in [-0.1, -0.05) is 19.1 Å². The van der Waals surface area contributed by atoms with Crippen LogP contribution < -0.4 is 39.4 Å². The molecule has 0 atom stereocenters. The van der Waals surface area contributed by atoms with E-state index in [1.54, 1.807) is 18.2 Å². The molecule has 70 valence electrons. The van der Waals surface area contributed by atoms with Crippen LogP contribution in [-0.4, -0.2) is 12.6 Å². The van der Waals surface area contributed by atoms with E-state index in [-0.39, 0.29) is 35.1 Å². The molecular weight excluding hydrogens is 191 g/mol. The van der Waals surface area contributed by atoms with Crippen molar-refractivity contribution in [3.8, 4) is 5.75 Å². The Morgan fingerprint density at radius 1 is 1.43 bits per heavy atom. The van der Waals surface area contributed by atoms with E-state index in [9.17, 15) is 9.90 Å². The summed E-state index contributed by atoms with van der Waals surface area (Å²) in [6.07, 6.45) is 0.849. The third-order valence-corrected chi connectivity index (χ3v) is 1.57. The van der Waals surface area contributed by atoms with Crippen LogP contribution in [0.5, 0.6) is 5.75 Å². The smallest absolute Gasteiger partial charge is 0.545 e. The second kappa shape index (κ2) is 6.87. The Kier molecular flexibility index (Phi) is 6.62. The average Bonchev–Trinajstić information content (AvgIpc) is 2.15. The van der Waals surface area contributed by atoms with Crippen LogP contribution in [0.3, 0.4) is 0 Å². The number of aromatic carboxylic acids is 1. The second-order valence-corrected chi connectivity index (χ2v) is 2.63. The van der Waals surface area contributed by atoms with Crippen molar-refractivity contribution in [1.29, 1.82) is 0 Å². The number of benzene rings is 1. The Balaban J connectivity index is 0.00000169. The molecule has 3 nitrogen and oxygen atoms in total. The van der Waals surface area contributed by atoms with Gasteiger partial charge >= 0.3 is 29.6 Å². The summed E-state index contributed by atoms with van der Waals surface area (Å²) in [6.45, 7) is 2.48. The molecule has 0 unspecified atom stereocenters. The van der Waals surface area contributed by atoms with E-state index in [0.29, 0.717) is 12.4 Å². The number of carboxylic acids is 1. The number of para-hydroxylation sites is 1. The van der Waals surface area contributed by atoms with Gasteiger partial charge in [-0.05, 0) is 18.6 Å². The van der Waals surface area contributed by atoms with Gasteiger partial charge in [-0.25, -0.2) is 0 Å². The molecule has 0 aliphatic rings. The molecule has 4 heteroatoms. The molecule has 1 rings (SSSR count). The van der Waals surface area contributed by atoms with Crippen molar-refractivity contribution in [3.05, 3.63) is 29.8 Å². The third kappa shape index (κ3) is 3.70. The van der Waals surface area contributed by atoms with E-state index in [1.165, 1.54) is 6.07 Å². The molecular formula is C10H11NaO3. The number of rotatable bonds is 4. The number of hydrogen-bond donors (Lipinski definition) is 0. The SMILES string of the molecule is CCCOc1ccccc1C(=O)[O-].[Na+]. The van der Waals surface area contributed by atoms with E-state index < -0.39 is 5.97 Å².